The molecule has 0 fully saturated rings. The molecule has 2 heterocycles. The average Bonchev–Trinajstić information content (AvgIpc) is 2.54. The molecule has 0 atom stereocenters. The van der Waals surface area contributed by atoms with Gasteiger partial charge in [-0.2, -0.15) is 0 Å². The molecule has 0 saturated heterocycles. The minimum Gasteiger partial charge on any atom is -0.332 e. The van der Waals surface area contributed by atoms with Crippen LogP contribution in [-0.4, -0.2) is 9.55 Å². The Labute approximate surface area is 81.0 Å². The third kappa shape index (κ3) is 1.93. The summed E-state index contributed by atoms with van der Waals surface area (Å²) in [6, 6.07) is 0. The van der Waals surface area contributed by atoms with Crippen LogP contribution in [0.2, 0.25) is 0 Å². The maximum atomic E-state index is 4.35. The van der Waals surface area contributed by atoms with E-state index in [-0.39, 0.29) is 0 Å². The molecule has 0 aromatic carbocycles. The molecule has 2 rings (SSSR count). The number of nitrogens with zero attached hydrogens (tertiary/aromatic N) is 2. The van der Waals surface area contributed by atoms with E-state index < -0.39 is 0 Å². The summed E-state index contributed by atoms with van der Waals surface area (Å²) in [5, 5.41) is 0. The Morgan fingerprint density at radius 1 is 1.38 bits per heavy atom. The van der Waals surface area contributed by atoms with E-state index in [0.717, 1.165) is 13.0 Å². The van der Waals surface area contributed by atoms with E-state index in [0.29, 0.717) is 5.41 Å². The van der Waals surface area contributed by atoms with Gasteiger partial charge in [0.15, 0.2) is 0 Å². The Hall–Kier alpha value is -0.790. The number of aryl methyl sites for hydroxylation is 1. The fourth-order valence-electron chi connectivity index (χ4n) is 1.78. The number of rotatable bonds is 0. The van der Waals surface area contributed by atoms with Gasteiger partial charge in [-0.25, -0.2) is 4.98 Å². The SMILES string of the molecule is CC.Cc1cnc2n1CC(C)(C)C2. The Bertz CT molecular complexity index is 284. The highest BCUT2D eigenvalue weighted by molar-refractivity contribution is 5.10. The van der Waals surface area contributed by atoms with Crippen molar-refractivity contribution in [2.75, 3.05) is 0 Å². The summed E-state index contributed by atoms with van der Waals surface area (Å²) in [7, 11) is 0. The van der Waals surface area contributed by atoms with Gasteiger partial charge in [-0.3, -0.25) is 0 Å². The minimum absolute atomic E-state index is 0.425. The fraction of sp³-hybridized carbons (Fsp3) is 0.727. The lowest BCUT2D eigenvalue weighted by Gasteiger charge is -2.14. The highest BCUT2D eigenvalue weighted by Gasteiger charge is 2.29. The van der Waals surface area contributed by atoms with Crippen LogP contribution in [0.3, 0.4) is 0 Å². The van der Waals surface area contributed by atoms with Crippen molar-refractivity contribution in [3.8, 4) is 0 Å². The van der Waals surface area contributed by atoms with E-state index in [1.54, 1.807) is 0 Å². The first-order valence-corrected chi connectivity index (χ1v) is 5.09. The normalized spacial score (nSPS) is 17.6. The molecule has 1 aromatic heterocycles. The molecular formula is C11H20N2. The second-order valence-corrected chi connectivity index (χ2v) is 4.24. The van der Waals surface area contributed by atoms with Gasteiger partial charge in [0, 0.05) is 24.9 Å². The summed E-state index contributed by atoms with van der Waals surface area (Å²) in [5.41, 5.74) is 1.72. The van der Waals surface area contributed by atoms with E-state index in [9.17, 15) is 0 Å². The first-order chi connectivity index (χ1) is 6.08. The quantitative estimate of drug-likeness (QED) is 0.600. The van der Waals surface area contributed by atoms with Crippen LogP contribution < -0.4 is 0 Å². The molecule has 2 heteroatoms. The van der Waals surface area contributed by atoms with Gasteiger partial charge in [-0.15, -0.1) is 0 Å². The van der Waals surface area contributed by atoms with E-state index in [1.165, 1.54) is 11.5 Å². The highest BCUT2D eigenvalue weighted by Crippen LogP contribution is 2.31. The molecule has 0 N–H and O–H groups in total. The van der Waals surface area contributed by atoms with Crippen molar-refractivity contribution in [1.29, 1.82) is 0 Å². The van der Waals surface area contributed by atoms with Gasteiger partial charge < -0.3 is 4.57 Å². The molecule has 0 spiro atoms. The monoisotopic (exact) mass is 180 g/mol. The minimum atomic E-state index is 0.425. The standard InChI is InChI=1S/C9H14N2.C2H6/c1-7-5-10-8-4-9(2,3)6-11(7)8;1-2/h5H,4,6H2,1-3H3;1-2H3. The maximum Gasteiger partial charge on any atom is 0.109 e. The summed E-state index contributed by atoms with van der Waals surface area (Å²) < 4.78 is 2.32. The fourth-order valence-corrected chi connectivity index (χ4v) is 1.78. The van der Waals surface area contributed by atoms with Gasteiger partial charge >= 0.3 is 0 Å². The molecule has 74 valence electrons. The molecule has 0 amide bonds. The maximum absolute atomic E-state index is 4.35. The van der Waals surface area contributed by atoms with Crippen LogP contribution in [0.25, 0.3) is 0 Å². The van der Waals surface area contributed by atoms with E-state index in [1.807, 2.05) is 20.0 Å². The van der Waals surface area contributed by atoms with Crippen molar-refractivity contribution in [3.05, 3.63) is 17.7 Å². The van der Waals surface area contributed by atoms with E-state index >= 15 is 0 Å². The van der Waals surface area contributed by atoms with Crippen molar-refractivity contribution >= 4 is 0 Å². The second kappa shape index (κ2) is 3.52. The van der Waals surface area contributed by atoms with Gasteiger partial charge in [0.05, 0.1) is 0 Å². The highest BCUT2D eigenvalue weighted by atomic mass is 15.1. The lowest BCUT2D eigenvalue weighted by Crippen LogP contribution is -2.12. The molecule has 1 aliphatic rings. The second-order valence-electron chi connectivity index (χ2n) is 4.24. The first-order valence-electron chi connectivity index (χ1n) is 5.09. The predicted molar refractivity (Wildman–Crippen MR) is 55.8 cm³/mol. The molecule has 0 radical (unpaired) electrons. The molecule has 0 aliphatic carbocycles. The van der Waals surface area contributed by atoms with Crippen molar-refractivity contribution < 1.29 is 0 Å². The Kier molecular flexibility index (Phi) is 2.79. The third-order valence-electron chi connectivity index (χ3n) is 2.36. The zero-order chi connectivity index (χ0) is 10.1. The van der Waals surface area contributed by atoms with Crippen LogP contribution in [-0.2, 0) is 13.0 Å². The number of fused-ring (bicyclic) bond motifs is 1. The molecule has 0 unspecified atom stereocenters. The van der Waals surface area contributed by atoms with Gasteiger partial charge in [0.25, 0.3) is 0 Å². The van der Waals surface area contributed by atoms with Crippen molar-refractivity contribution in [3.63, 3.8) is 0 Å². The van der Waals surface area contributed by atoms with Gasteiger partial charge in [-0.05, 0) is 12.3 Å². The Morgan fingerprint density at radius 3 is 2.54 bits per heavy atom. The predicted octanol–water partition coefficient (Wildman–Crippen LogP) is 2.80. The topological polar surface area (TPSA) is 17.8 Å². The van der Waals surface area contributed by atoms with E-state index in [4.69, 9.17) is 0 Å². The van der Waals surface area contributed by atoms with Gasteiger partial charge in [0.1, 0.15) is 5.82 Å². The number of imidazole rings is 1. The van der Waals surface area contributed by atoms with E-state index in [2.05, 4.69) is 30.3 Å². The van der Waals surface area contributed by atoms with Crippen LogP contribution in [0.5, 0.6) is 0 Å². The zero-order valence-corrected chi connectivity index (χ0v) is 9.39. The molecule has 0 saturated carbocycles. The van der Waals surface area contributed by atoms with Crippen molar-refractivity contribution in [2.45, 2.75) is 47.6 Å². The average molecular weight is 180 g/mol. The number of hydrogen-bond donors (Lipinski definition) is 0. The van der Waals surface area contributed by atoms with Crippen LogP contribution in [0, 0.1) is 12.3 Å². The molecule has 0 bridgehead atoms. The first kappa shape index (κ1) is 10.3. The smallest absolute Gasteiger partial charge is 0.109 e. The van der Waals surface area contributed by atoms with Crippen LogP contribution in [0.1, 0.15) is 39.2 Å². The summed E-state index contributed by atoms with van der Waals surface area (Å²) in [5.74, 6) is 1.26. The summed E-state index contributed by atoms with van der Waals surface area (Å²) in [4.78, 5) is 4.35. The number of aromatic nitrogens is 2. The molecule has 1 aromatic rings. The zero-order valence-electron chi connectivity index (χ0n) is 9.39. The number of hydrogen-bond acceptors (Lipinski definition) is 1. The molecule has 2 nitrogen and oxygen atoms in total. The third-order valence-corrected chi connectivity index (χ3v) is 2.36. The van der Waals surface area contributed by atoms with Crippen LogP contribution >= 0.6 is 0 Å². The molecule has 13 heavy (non-hydrogen) atoms. The Balaban J connectivity index is 0.000000396. The lowest BCUT2D eigenvalue weighted by atomic mass is 9.92. The summed E-state index contributed by atoms with van der Waals surface area (Å²) in [6.45, 7) is 11.8. The summed E-state index contributed by atoms with van der Waals surface area (Å²) in [6.07, 6.45) is 3.09. The van der Waals surface area contributed by atoms with Crippen molar-refractivity contribution in [2.24, 2.45) is 5.41 Å². The summed E-state index contributed by atoms with van der Waals surface area (Å²) >= 11 is 0. The molecular weight excluding hydrogens is 160 g/mol. The lowest BCUT2D eigenvalue weighted by molar-refractivity contribution is 0.356. The Morgan fingerprint density at radius 2 is 2.00 bits per heavy atom. The van der Waals surface area contributed by atoms with Gasteiger partial charge in [0.2, 0.25) is 0 Å². The molecule has 1 aliphatic heterocycles. The van der Waals surface area contributed by atoms with Gasteiger partial charge in [-0.1, -0.05) is 27.7 Å². The van der Waals surface area contributed by atoms with Crippen LogP contribution in [0.15, 0.2) is 6.20 Å². The largest absolute Gasteiger partial charge is 0.332 e. The van der Waals surface area contributed by atoms with Crippen LogP contribution in [0.4, 0.5) is 0 Å². The van der Waals surface area contributed by atoms with Crippen molar-refractivity contribution in [1.82, 2.24) is 9.55 Å².